The zero-order valence-electron chi connectivity index (χ0n) is 17.5. The number of carbonyl (C=O) groups is 3. The molecular weight excluding hydrogens is 454 g/mol. The highest BCUT2D eigenvalue weighted by Crippen LogP contribution is 2.44. The number of benzene rings is 4. The smallest absolute Gasteiger partial charge is 0.257 e. The number of ketones is 2. The predicted molar refractivity (Wildman–Crippen MR) is 127 cm³/mol. The van der Waals surface area contributed by atoms with Gasteiger partial charge in [-0.3, -0.25) is 14.4 Å². The van der Waals surface area contributed by atoms with E-state index < -0.39 is 23.2 Å². The van der Waals surface area contributed by atoms with Gasteiger partial charge >= 0.3 is 0 Å². The van der Waals surface area contributed by atoms with Crippen LogP contribution in [0.15, 0.2) is 84.9 Å². The number of phenols is 1. The van der Waals surface area contributed by atoms with Crippen molar-refractivity contribution in [2.75, 3.05) is 5.32 Å². The van der Waals surface area contributed by atoms with Crippen LogP contribution in [0.4, 0.5) is 5.69 Å². The maximum atomic E-state index is 13.5. The number of phenolic OH excluding ortho intramolecular Hbond substituents is 1. The first-order valence-electron chi connectivity index (χ1n) is 10.3. The fraction of sp³-hybridized carbons (Fsp3) is 0. The third-order valence-electron chi connectivity index (χ3n) is 5.47. The summed E-state index contributed by atoms with van der Waals surface area (Å²) in [6, 6.07) is 22.6. The Hall–Kier alpha value is -4.42. The minimum atomic E-state index is -0.601. The number of ether oxygens (including phenoxy) is 1. The molecule has 0 radical (unpaired) electrons. The van der Waals surface area contributed by atoms with E-state index >= 15 is 0 Å². The van der Waals surface area contributed by atoms with Crippen molar-refractivity contribution >= 4 is 34.8 Å². The lowest BCUT2D eigenvalue weighted by Crippen LogP contribution is -2.24. The Morgan fingerprint density at radius 1 is 0.794 bits per heavy atom. The van der Waals surface area contributed by atoms with Gasteiger partial charge in [-0.05, 0) is 24.3 Å². The summed E-state index contributed by atoms with van der Waals surface area (Å²) in [4.78, 5) is 39.9. The summed E-state index contributed by atoms with van der Waals surface area (Å²) >= 11 is 6.19. The van der Waals surface area contributed by atoms with Gasteiger partial charge in [0.2, 0.25) is 0 Å². The van der Waals surface area contributed by atoms with E-state index in [0.29, 0.717) is 5.75 Å². The van der Waals surface area contributed by atoms with Crippen molar-refractivity contribution in [2.45, 2.75) is 0 Å². The molecule has 0 unspecified atom stereocenters. The molecule has 5 rings (SSSR count). The summed E-state index contributed by atoms with van der Waals surface area (Å²) in [5.41, 5.74) is 0.148. The third-order valence-corrected chi connectivity index (χ3v) is 5.80. The fourth-order valence-corrected chi connectivity index (χ4v) is 4.12. The Morgan fingerprint density at radius 3 is 2.06 bits per heavy atom. The molecule has 0 saturated carbocycles. The Balaban J connectivity index is 1.71. The van der Waals surface area contributed by atoms with Gasteiger partial charge in [0, 0.05) is 17.2 Å². The minimum Gasteiger partial charge on any atom is -0.507 e. The SMILES string of the molecule is O=C(Nc1c(Oc2ccccc2)cc(O)c2c1C(=O)c1ccccc1C2=O)c1ccccc1Cl. The number of carbonyl (C=O) groups excluding carboxylic acids is 3. The molecule has 7 heteroatoms. The number of amides is 1. The first-order chi connectivity index (χ1) is 16.5. The minimum absolute atomic E-state index is 0.00313. The highest BCUT2D eigenvalue weighted by Gasteiger charge is 2.36. The van der Waals surface area contributed by atoms with E-state index in [4.69, 9.17) is 16.3 Å². The molecule has 0 aliphatic heterocycles. The van der Waals surface area contributed by atoms with Crippen LogP contribution in [0.5, 0.6) is 17.2 Å². The van der Waals surface area contributed by atoms with E-state index in [0.717, 1.165) is 0 Å². The van der Waals surface area contributed by atoms with Crippen LogP contribution in [0.25, 0.3) is 0 Å². The number of aromatic hydroxyl groups is 1. The molecule has 0 saturated heterocycles. The Labute approximate surface area is 199 Å². The summed E-state index contributed by atoms with van der Waals surface area (Å²) in [5, 5.41) is 13.7. The fourth-order valence-electron chi connectivity index (χ4n) is 3.90. The lowest BCUT2D eigenvalue weighted by Gasteiger charge is -2.23. The largest absolute Gasteiger partial charge is 0.507 e. The molecule has 4 aromatic rings. The van der Waals surface area contributed by atoms with Crippen LogP contribution in [-0.4, -0.2) is 22.6 Å². The monoisotopic (exact) mass is 469 g/mol. The maximum absolute atomic E-state index is 13.5. The normalized spacial score (nSPS) is 12.0. The van der Waals surface area contributed by atoms with Crippen LogP contribution in [0.3, 0.4) is 0 Å². The zero-order chi connectivity index (χ0) is 23.8. The van der Waals surface area contributed by atoms with E-state index in [1.807, 2.05) is 0 Å². The summed E-state index contributed by atoms with van der Waals surface area (Å²) in [6.07, 6.45) is 0. The van der Waals surface area contributed by atoms with Gasteiger partial charge in [0.1, 0.15) is 11.5 Å². The molecule has 166 valence electrons. The molecule has 34 heavy (non-hydrogen) atoms. The molecular formula is C27H16ClNO5. The zero-order valence-corrected chi connectivity index (χ0v) is 18.3. The van der Waals surface area contributed by atoms with Crippen LogP contribution < -0.4 is 10.1 Å². The van der Waals surface area contributed by atoms with Crippen molar-refractivity contribution in [3.8, 4) is 17.2 Å². The standard InChI is InChI=1S/C27H16ClNO5/c28-19-13-7-6-12-18(19)27(33)29-24-21(34-15-8-2-1-3-9-15)14-20(30)22-23(24)26(32)17-11-5-4-10-16(17)25(22)31/h1-14,30H,(H,29,33). The number of hydrogen-bond donors (Lipinski definition) is 2. The predicted octanol–water partition coefficient (Wildman–Crippen LogP) is 5.87. The lowest BCUT2D eigenvalue weighted by molar-refractivity contribution is 0.0976. The molecule has 1 aliphatic carbocycles. The molecule has 1 amide bonds. The summed E-state index contributed by atoms with van der Waals surface area (Å²) in [7, 11) is 0. The van der Waals surface area contributed by atoms with Gasteiger partial charge < -0.3 is 15.2 Å². The van der Waals surface area contributed by atoms with Gasteiger partial charge in [-0.15, -0.1) is 0 Å². The molecule has 0 atom stereocenters. The van der Waals surface area contributed by atoms with E-state index in [1.54, 1.807) is 60.7 Å². The average molecular weight is 470 g/mol. The van der Waals surface area contributed by atoms with Crippen molar-refractivity contribution in [3.05, 3.63) is 118 Å². The molecule has 1 aliphatic rings. The second-order valence-corrected chi connectivity index (χ2v) is 7.98. The molecule has 0 fully saturated rings. The van der Waals surface area contributed by atoms with Crippen LogP contribution in [0.2, 0.25) is 5.02 Å². The number of halogens is 1. The molecule has 6 nitrogen and oxygen atoms in total. The maximum Gasteiger partial charge on any atom is 0.257 e. The van der Waals surface area contributed by atoms with Gasteiger partial charge in [-0.2, -0.15) is 0 Å². The number of rotatable bonds is 4. The molecule has 4 aromatic carbocycles. The van der Waals surface area contributed by atoms with E-state index in [-0.39, 0.29) is 44.3 Å². The Kier molecular flexibility index (Phi) is 5.36. The van der Waals surface area contributed by atoms with Crippen LogP contribution in [-0.2, 0) is 0 Å². The second kappa shape index (κ2) is 8.50. The Morgan fingerprint density at radius 2 is 1.38 bits per heavy atom. The van der Waals surface area contributed by atoms with Crippen molar-refractivity contribution in [1.29, 1.82) is 0 Å². The van der Waals surface area contributed by atoms with Crippen molar-refractivity contribution in [1.82, 2.24) is 0 Å². The topological polar surface area (TPSA) is 92.7 Å². The third kappa shape index (κ3) is 3.60. The van der Waals surface area contributed by atoms with Crippen molar-refractivity contribution in [3.63, 3.8) is 0 Å². The average Bonchev–Trinajstić information content (AvgIpc) is 2.85. The van der Waals surface area contributed by atoms with Gasteiger partial charge in [0.15, 0.2) is 17.3 Å². The number of fused-ring (bicyclic) bond motifs is 2. The first-order valence-corrected chi connectivity index (χ1v) is 10.7. The van der Waals surface area contributed by atoms with Crippen molar-refractivity contribution < 1.29 is 24.2 Å². The van der Waals surface area contributed by atoms with E-state index in [1.165, 1.54) is 24.3 Å². The number of nitrogens with one attached hydrogen (secondary N) is 1. The van der Waals surface area contributed by atoms with Gasteiger partial charge in [0.25, 0.3) is 5.91 Å². The van der Waals surface area contributed by atoms with Gasteiger partial charge in [-0.25, -0.2) is 0 Å². The molecule has 2 N–H and O–H groups in total. The van der Waals surface area contributed by atoms with E-state index in [9.17, 15) is 19.5 Å². The van der Waals surface area contributed by atoms with Crippen LogP contribution in [0.1, 0.15) is 42.2 Å². The van der Waals surface area contributed by atoms with Crippen LogP contribution in [0, 0.1) is 0 Å². The highest BCUT2D eigenvalue weighted by atomic mass is 35.5. The van der Waals surface area contributed by atoms with E-state index in [2.05, 4.69) is 5.32 Å². The highest BCUT2D eigenvalue weighted by molar-refractivity contribution is 6.35. The first kappa shape index (κ1) is 21.4. The number of hydrogen-bond acceptors (Lipinski definition) is 5. The lowest BCUT2D eigenvalue weighted by atomic mass is 9.82. The molecule has 0 heterocycles. The number of para-hydroxylation sites is 1. The molecule has 0 bridgehead atoms. The van der Waals surface area contributed by atoms with Gasteiger partial charge in [-0.1, -0.05) is 66.2 Å². The van der Waals surface area contributed by atoms with Crippen LogP contribution >= 0.6 is 11.6 Å². The second-order valence-electron chi connectivity index (χ2n) is 7.57. The Bertz CT molecular complexity index is 1480. The summed E-state index contributed by atoms with van der Waals surface area (Å²) in [6.45, 7) is 0. The molecule has 0 aromatic heterocycles. The number of anilines is 1. The summed E-state index contributed by atoms with van der Waals surface area (Å²) in [5.74, 6) is -1.66. The quantitative estimate of drug-likeness (QED) is 0.321. The van der Waals surface area contributed by atoms with Gasteiger partial charge in [0.05, 0.1) is 27.4 Å². The summed E-state index contributed by atoms with van der Waals surface area (Å²) < 4.78 is 5.92. The van der Waals surface area contributed by atoms with Crippen molar-refractivity contribution in [2.24, 2.45) is 0 Å². The molecule has 0 spiro atoms.